The van der Waals surface area contributed by atoms with Crippen molar-refractivity contribution in [3.63, 3.8) is 0 Å². The zero-order valence-corrected chi connectivity index (χ0v) is 29.0. The third kappa shape index (κ3) is 5.77. The van der Waals surface area contributed by atoms with Crippen molar-refractivity contribution >= 4 is 11.4 Å². The Morgan fingerprint density at radius 1 is 0.587 bits per heavy atom. The predicted octanol–water partition coefficient (Wildman–Crippen LogP) is 8.29. The van der Waals surface area contributed by atoms with Gasteiger partial charge in [-0.05, 0) is 82.9 Å². The number of hydrogen-bond acceptors (Lipinski definition) is 4. The Hall–Kier alpha value is -4.57. The minimum atomic E-state index is -0.0401. The van der Waals surface area contributed by atoms with E-state index in [-0.39, 0.29) is 25.5 Å². The molecule has 46 heavy (non-hydrogen) atoms. The summed E-state index contributed by atoms with van der Waals surface area (Å²) in [6.07, 6.45) is 5.66. The van der Waals surface area contributed by atoms with Crippen LogP contribution in [0.15, 0.2) is 122 Å². The van der Waals surface area contributed by atoms with Gasteiger partial charge in [-0.2, -0.15) is 0 Å². The van der Waals surface area contributed by atoms with Gasteiger partial charge in [-0.1, -0.05) is 36.4 Å². The van der Waals surface area contributed by atoms with Crippen LogP contribution in [0.25, 0.3) is 33.6 Å². The minimum Gasteiger partial charge on any atom is -0.378 e. The van der Waals surface area contributed by atoms with Crippen molar-refractivity contribution in [1.29, 1.82) is 0 Å². The van der Waals surface area contributed by atoms with Gasteiger partial charge in [-0.25, -0.2) is 0 Å². The van der Waals surface area contributed by atoms with Crippen LogP contribution >= 0.6 is 0 Å². The molecule has 0 saturated heterocycles. The second-order valence-electron chi connectivity index (χ2n) is 12.3. The zero-order chi connectivity index (χ0) is 31.0. The van der Waals surface area contributed by atoms with E-state index in [0.717, 1.165) is 35.4 Å². The molecule has 0 fully saturated rings. The Morgan fingerprint density at radius 2 is 1.15 bits per heavy atom. The Kier molecular flexibility index (Phi) is 8.90. The summed E-state index contributed by atoms with van der Waals surface area (Å²) in [6, 6.07) is 44.9. The molecule has 4 nitrogen and oxygen atoms in total. The molecule has 2 aliphatic rings. The summed E-state index contributed by atoms with van der Waals surface area (Å²) < 4.78 is 0. The predicted molar refractivity (Wildman–Crippen MR) is 186 cm³/mol. The molecule has 231 valence electrons. The summed E-state index contributed by atoms with van der Waals surface area (Å²) in [4.78, 5) is 13.2. The summed E-state index contributed by atoms with van der Waals surface area (Å²) in [7, 11) is 8.49. The second kappa shape index (κ2) is 13.0. The molecular formula is C41H36IrN4-2. The third-order valence-electron chi connectivity index (χ3n) is 9.07. The molecule has 0 aliphatic heterocycles. The average molecular weight is 777 g/mol. The molecule has 0 N–H and O–H groups in total. The van der Waals surface area contributed by atoms with Crippen molar-refractivity contribution in [2.24, 2.45) is 0 Å². The fourth-order valence-corrected chi connectivity index (χ4v) is 6.76. The second-order valence-corrected chi connectivity index (χ2v) is 12.3. The molecule has 5 heteroatoms. The first-order valence-electron chi connectivity index (χ1n) is 15.4. The first-order valence-corrected chi connectivity index (χ1v) is 15.4. The van der Waals surface area contributed by atoms with Gasteiger partial charge in [-0.15, -0.1) is 70.8 Å². The normalized spacial score (nSPS) is 13.0. The van der Waals surface area contributed by atoms with Crippen LogP contribution in [0.1, 0.15) is 22.3 Å². The van der Waals surface area contributed by atoms with Crippen LogP contribution in [0.3, 0.4) is 0 Å². The van der Waals surface area contributed by atoms with Gasteiger partial charge in [0.05, 0.1) is 0 Å². The molecule has 2 heterocycles. The minimum absolute atomic E-state index is 0. The molecule has 0 unspecified atom stereocenters. The third-order valence-corrected chi connectivity index (χ3v) is 9.07. The fourth-order valence-electron chi connectivity index (χ4n) is 6.76. The molecule has 6 aromatic rings. The smallest absolute Gasteiger partial charge is 0.0364 e. The number of rotatable bonds is 4. The molecule has 4 aromatic carbocycles. The van der Waals surface area contributed by atoms with E-state index in [0.29, 0.717) is 0 Å². The maximum atomic E-state index is 4.56. The van der Waals surface area contributed by atoms with Gasteiger partial charge in [0, 0.05) is 77.5 Å². The van der Waals surface area contributed by atoms with Gasteiger partial charge in [0.25, 0.3) is 0 Å². The van der Waals surface area contributed by atoms with Crippen LogP contribution in [-0.4, -0.2) is 38.2 Å². The Morgan fingerprint density at radius 3 is 1.67 bits per heavy atom. The molecule has 8 rings (SSSR count). The van der Waals surface area contributed by atoms with E-state index >= 15 is 0 Å². The molecular weight excluding hydrogens is 741 g/mol. The van der Waals surface area contributed by atoms with Crippen LogP contribution in [0, 0.1) is 12.1 Å². The number of nitrogens with zero attached hydrogens (tertiary/aromatic N) is 4. The first kappa shape index (κ1) is 31.4. The van der Waals surface area contributed by atoms with Gasteiger partial charge >= 0.3 is 0 Å². The van der Waals surface area contributed by atoms with Crippen LogP contribution < -0.4 is 9.80 Å². The van der Waals surface area contributed by atoms with Gasteiger partial charge in [0.2, 0.25) is 0 Å². The Balaban J connectivity index is 0.000000241. The molecule has 0 atom stereocenters. The summed E-state index contributed by atoms with van der Waals surface area (Å²) in [5.74, 6) is 0. The maximum absolute atomic E-state index is 4.56. The number of hydrogen-bond donors (Lipinski definition) is 0. The van der Waals surface area contributed by atoms with E-state index in [1.807, 2.05) is 60.8 Å². The van der Waals surface area contributed by atoms with E-state index in [9.17, 15) is 0 Å². The van der Waals surface area contributed by atoms with Crippen molar-refractivity contribution in [3.8, 4) is 33.6 Å². The standard InChI is InChI=1S/C30H28N3.C11H8N.Ir/c1-32(2)23-10-12-25-26-13-11-24(33(3)4)17-28(26)30(27(25)16-23)18-21-9-8-20(15-22(21)19-30)29-7-5-6-14-31-29;1-2-6-10(7-3-1)11-8-4-5-9-12-11;/h5-7,9-17H,18-19H2,1-4H3;1-6,8-9H;/q2*-1;. The zero-order valence-electron chi connectivity index (χ0n) is 26.6. The number of anilines is 2. The summed E-state index contributed by atoms with van der Waals surface area (Å²) in [6.45, 7) is 0. The van der Waals surface area contributed by atoms with Crippen LogP contribution in [0.2, 0.25) is 0 Å². The average Bonchev–Trinajstić information content (AvgIpc) is 3.60. The van der Waals surface area contributed by atoms with Crippen LogP contribution in [-0.2, 0) is 38.4 Å². The largest absolute Gasteiger partial charge is 0.378 e. The van der Waals surface area contributed by atoms with Crippen molar-refractivity contribution in [2.45, 2.75) is 18.3 Å². The van der Waals surface area contributed by atoms with Crippen molar-refractivity contribution < 1.29 is 20.1 Å². The first-order chi connectivity index (χ1) is 21.9. The maximum Gasteiger partial charge on any atom is 0.0364 e. The molecule has 0 saturated carbocycles. The monoisotopic (exact) mass is 777 g/mol. The number of fused-ring (bicyclic) bond motifs is 6. The Labute approximate surface area is 286 Å². The SMILES string of the molecule is CN(C)c1ccc2c(c1)C1(Cc3c[c-]c(-c4ccccn4)cc3C1)c1cc(N(C)C)ccc1-2.[Ir].[c-]1ccccc1-c1ccccn1. The number of benzene rings is 4. The van der Waals surface area contributed by atoms with Crippen molar-refractivity contribution in [2.75, 3.05) is 38.0 Å². The molecule has 2 aliphatic carbocycles. The van der Waals surface area contributed by atoms with Gasteiger partial charge in [0.15, 0.2) is 0 Å². The van der Waals surface area contributed by atoms with E-state index < -0.39 is 0 Å². The van der Waals surface area contributed by atoms with Crippen molar-refractivity contribution in [3.05, 3.63) is 156 Å². The van der Waals surface area contributed by atoms with E-state index in [4.69, 9.17) is 0 Å². The molecule has 1 radical (unpaired) electrons. The van der Waals surface area contributed by atoms with E-state index in [2.05, 4.69) is 115 Å². The van der Waals surface area contributed by atoms with E-state index in [1.165, 1.54) is 44.8 Å². The van der Waals surface area contributed by atoms with Gasteiger partial charge in [-0.3, -0.25) is 0 Å². The molecule has 2 aromatic heterocycles. The quantitative estimate of drug-likeness (QED) is 0.169. The topological polar surface area (TPSA) is 32.3 Å². The fraction of sp³-hybridized carbons (Fsp3) is 0.171. The summed E-state index contributed by atoms with van der Waals surface area (Å²) in [5, 5.41) is 0. The molecule has 0 amide bonds. The van der Waals surface area contributed by atoms with E-state index in [1.54, 1.807) is 6.20 Å². The summed E-state index contributed by atoms with van der Waals surface area (Å²) >= 11 is 0. The number of pyridine rings is 2. The van der Waals surface area contributed by atoms with Crippen LogP contribution in [0.5, 0.6) is 0 Å². The molecule has 1 spiro atoms. The Bertz CT molecular complexity index is 1860. The van der Waals surface area contributed by atoms with Crippen LogP contribution in [0.4, 0.5) is 11.4 Å². The van der Waals surface area contributed by atoms with Crippen molar-refractivity contribution in [1.82, 2.24) is 9.97 Å². The number of aromatic nitrogens is 2. The molecule has 0 bridgehead atoms. The van der Waals surface area contributed by atoms with Gasteiger partial charge in [0.1, 0.15) is 0 Å². The van der Waals surface area contributed by atoms with Gasteiger partial charge < -0.3 is 19.8 Å². The summed E-state index contributed by atoms with van der Waals surface area (Å²) in [5.41, 5.74) is 15.0.